The van der Waals surface area contributed by atoms with E-state index in [9.17, 15) is 4.79 Å². The molecule has 0 radical (unpaired) electrons. The van der Waals surface area contributed by atoms with Crippen LogP contribution in [0.5, 0.6) is 0 Å². The van der Waals surface area contributed by atoms with Gasteiger partial charge in [0.1, 0.15) is 5.78 Å². The number of piperidine rings is 1. The molecule has 1 saturated carbocycles. The van der Waals surface area contributed by atoms with Crippen LogP contribution in [0.4, 0.5) is 0 Å². The summed E-state index contributed by atoms with van der Waals surface area (Å²) in [7, 11) is 4.31. The van der Waals surface area contributed by atoms with Gasteiger partial charge in [0.05, 0.1) is 6.54 Å². The van der Waals surface area contributed by atoms with Crippen LogP contribution in [0, 0.1) is 11.8 Å². The van der Waals surface area contributed by atoms with Crippen molar-refractivity contribution in [2.45, 2.75) is 38.5 Å². The highest BCUT2D eigenvalue weighted by molar-refractivity contribution is 5.83. The molecule has 3 nitrogen and oxygen atoms in total. The molecule has 0 atom stereocenters. The van der Waals surface area contributed by atoms with E-state index in [0.717, 1.165) is 25.3 Å². The fraction of sp³-hybridized carbons (Fsp3) is 0.933. The number of hydrogen-bond acceptors (Lipinski definition) is 3. The first-order valence-electron chi connectivity index (χ1n) is 7.55. The smallest absolute Gasteiger partial charge is 0.149 e. The normalized spacial score (nSPS) is 23.9. The lowest BCUT2D eigenvalue weighted by Crippen LogP contribution is -2.38. The summed E-state index contributed by atoms with van der Waals surface area (Å²) in [4.78, 5) is 16.8. The Morgan fingerprint density at radius 2 is 1.78 bits per heavy atom. The lowest BCUT2D eigenvalue weighted by atomic mass is 9.96. The van der Waals surface area contributed by atoms with Gasteiger partial charge in [-0.1, -0.05) is 12.8 Å². The summed E-state index contributed by atoms with van der Waals surface area (Å²) in [5.41, 5.74) is 0. The summed E-state index contributed by atoms with van der Waals surface area (Å²) >= 11 is 0. The minimum atomic E-state index is 0.380. The summed E-state index contributed by atoms with van der Waals surface area (Å²) in [6.07, 6.45) is 7.38. The summed E-state index contributed by atoms with van der Waals surface area (Å²) in [5, 5.41) is 0. The van der Waals surface area contributed by atoms with Crippen molar-refractivity contribution in [2.24, 2.45) is 11.8 Å². The Hall–Kier alpha value is -0.410. The quantitative estimate of drug-likeness (QED) is 0.748. The largest absolute Gasteiger partial charge is 0.306 e. The SMILES string of the molecule is CN1CCC(CN(C)CC(=O)C2CCCC2)CC1. The number of rotatable bonds is 5. The van der Waals surface area contributed by atoms with E-state index in [1.165, 1.54) is 38.8 Å². The molecule has 1 heterocycles. The second-order valence-corrected chi connectivity index (χ2v) is 6.39. The molecule has 0 amide bonds. The van der Waals surface area contributed by atoms with Gasteiger partial charge < -0.3 is 4.90 Å². The van der Waals surface area contributed by atoms with E-state index in [1.54, 1.807) is 0 Å². The summed E-state index contributed by atoms with van der Waals surface area (Å²) < 4.78 is 0. The molecular formula is C15H28N2O. The fourth-order valence-electron chi connectivity index (χ4n) is 3.39. The second-order valence-electron chi connectivity index (χ2n) is 6.39. The van der Waals surface area contributed by atoms with Crippen molar-refractivity contribution in [3.05, 3.63) is 0 Å². The third kappa shape index (κ3) is 4.06. The van der Waals surface area contributed by atoms with Gasteiger partial charge in [0.15, 0.2) is 0 Å². The third-order valence-corrected chi connectivity index (χ3v) is 4.64. The van der Waals surface area contributed by atoms with Gasteiger partial charge in [-0.05, 0) is 58.8 Å². The molecule has 0 bridgehead atoms. The summed E-state index contributed by atoms with van der Waals surface area (Å²) in [5.74, 6) is 1.66. The molecule has 1 aliphatic carbocycles. The molecule has 2 fully saturated rings. The second kappa shape index (κ2) is 6.67. The van der Waals surface area contributed by atoms with E-state index in [1.807, 2.05) is 0 Å². The first-order valence-corrected chi connectivity index (χ1v) is 7.55. The van der Waals surface area contributed by atoms with Gasteiger partial charge in [-0.2, -0.15) is 0 Å². The van der Waals surface area contributed by atoms with Crippen molar-refractivity contribution < 1.29 is 4.79 Å². The fourth-order valence-corrected chi connectivity index (χ4v) is 3.39. The van der Waals surface area contributed by atoms with Crippen LogP contribution in [-0.4, -0.2) is 55.9 Å². The molecule has 1 aliphatic heterocycles. The van der Waals surface area contributed by atoms with Crippen LogP contribution in [0.1, 0.15) is 38.5 Å². The molecule has 1 saturated heterocycles. The number of Topliss-reactive ketones (excluding diaryl/α,β-unsaturated/α-hetero) is 1. The molecule has 18 heavy (non-hydrogen) atoms. The van der Waals surface area contributed by atoms with Crippen LogP contribution in [0.3, 0.4) is 0 Å². The Bertz CT molecular complexity index is 266. The molecule has 3 heteroatoms. The third-order valence-electron chi connectivity index (χ3n) is 4.64. The molecule has 0 spiro atoms. The molecular weight excluding hydrogens is 224 g/mol. The first kappa shape index (κ1) is 14.0. The number of likely N-dealkylation sites (tertiary alicyclic amines) is 1. The predicted molar refractivity (Wildman–Crippen MR) is 74.7 cm³/mol. The Labute approximate surface area is 112 Å². The lowest BCUT2D eigenvalue weighted by molar-refractivity contribution is -0.123. The summed E-state index contributed by atoms with van der Waals surface area (Å²) in [6.45, 7) is 4.22. The van der Waals surface area contributed by atoms with Gasteiger partial charge in [0.2, 0.25) is 0 Å². The van der Waals surface area contributed by atoms with Crippen LogP contribution < -0.4 is 0 Å². The van der Waals surface area contributed by atoms with Crippen LogP contribution in [0.15, 0.2) is 0 Å². The minimum Gasteiger partial charge on any atom is -0.306 e. The number of hydrogen-bond donors (Lipinski definition) is 0. The monoisotopic (exact) mass is 252 g/mol. The van der Waals surface area contributed by atoms with E-state index in [-0.39, 0.29) is 0 Å². The van der Waals surface area contributed by atoms with E-state index in [2.05, 4.69) is 23.9 Å². The maximum absolute atomic E-state index is 12.1. The number of ketones is 1. The zero-order chi connectivity index (χ0) is 13.0. The molecule has 0 unspecified atom stereocenters. The minimum absolute atomic E-state index is 0.380. The van der Waals surface area contributed by atoms with E-state index in [4.69, 9.17) is 0 Å². The molecule has 2 aliphatic rings. The van der Waals surface area contributed by atoms with Gasteiger partial charge in [-0.3, -0.25) is 9.69 Å². The first-order chi connectivity index (χ1) is 8.65. The number of carbonyl (C=O) groups excluding carboxylic acids is 1. The Kier molecular flexibility index (Phi) is 5.19. The van der Waals surface area contributed by atoms with Gasteiger partial charge in [0.25, 0.3) is 0 Å². The van der Waals surface area contributed by atoms with Crippen LogP contribution in [-0.2, 0) is 4.79 Å². The van der Waals surface area contributed by atoms with Crippen molar-refractivity contribution in [1.82, 2.24) is 9.80 Å². The zero-order valence-electron chi connectivity index (χ0n) is 12.0. The number of nitrogens with zero attached hydrogens (tertiary/aromatic N) is 2. The molecule has 104 valence electrons. The Morgan fingerprint density at radius 1 is 1.17 bits per heavy atom. The van der Waals surface area contributed by atoms with E-state index in [0.29, 0.717) is 18.2 Å². The highest BCUT2D eigenvalue weighted by Gasteiger charge is 2.24. The van der Waals surface area contributed by atoms with Gasteiger partial charge in [0, 0.05) is 12.5 Å². The van der Waals surface area contributed by atoms with E-state index < -0.39 is 0 Å². The molecule has 2 rings (SSSR count). The molecule has 0 aromatic heterocycles. The van der Waals surface area contributed by atoms with Gasteiger partial charge in [-0.25, -0.2) is 0 Å². The molecule has 0 N–H and O–H groups in total. The van der Waals surface area contributed by atoms with Crippen molar-refractivity contribution in [1.29, 1.82) is 0 Å². The van der Waals surface area contributed by atoms with Crippen LogP contribution in [0.2, 0.25) is 0 Å². The number of carbonyl (C=O) groups is 1. The van der Waals surface area contributed by atoms with E-state index >= 15 is 0 Å². The van der Waals surface area contributed by atoms with Crippen molar-refractivity contribution in [2.75, 3.05) is 40.3 Å². The Balaban J connectivity index is 1.68. The highest BCUT2D eigenvalue weighted by Crippen LogP contribution is 2.25. The lowest BCUT2D eigenvalue weighted by Gasteiger charge is -2.31. The number of likely N-dealkylation sites (N-methyl/N-ethyl adjacent to an activating group) is 1. The predicted octanol–water partition coefficient (Wildman–Crippen LogP) is 2.02. The van der Waals surface area contributed by atoms with Crippen LogP contribution in [0.25, 0.3) is 0 Å². The van der Waals surface area contributed by atoms with Gasteiger partial charge >= 0.3 is 0 Å². The van der Waals surface area contributed by atoms with Crippen LogP contribution >= 0.6 is 0 Å². The maximum Gasteiger partial charge on any atom is 0.149 e. The average Bonchev–Trinajstić information content (AvgIpc) is 2.85. The molecule has 0 aromatic rings. The van der Waals surface area contributed by atoms with Gasteiger partial charge in [-0.15, -0.1) is 0 Å². The standard InChI is InChI=1S/C15H28N2O/c1-16-9-7-13(8-10-16)11-17(2)12-15(18)14-5-3-4-6-14/h13-14H,3-12H2,1-2H3. The summed E-state index contributed by atoms with van der Waals surface area (Å²) in [6, 6.07) is 0. The van der Waals surface area contributed by atoms with Crippen molar-refractivity contribution >= 4 is 5.78 Å². The topological polar surface area (TPSA) is 23.6 Å². The highest BCUT2D eigenvalue weighted by atomic mass is 16.1. The van der Waals surface area contributed by atoms with Crippen molar-refractivity contribution in [3.63, 3.8) is 0 Å². The Morgan fingerprint density at radius 3 is 2.39 bits per heavy atom. The maximum atomic E-state index is 12.1. The molecule has 0 aromatic carbocycles. The zero-order valence-corrected chi connectivity index (χ0v) is 12.0. The average molecular weight is 252 g/mol. The van der Waals surface area contributed by atoms with Crippen molar-refractivity contribution in [3.8, 4) is 0 Å².